The Morgan fingerprint density at radius 2 is 1.89 bits per heavy atom. The van der Waals surface area contributed by atoms with Crippen LogP contribution in [0.3, 0.4) is 0 Å². The maximum atomic E-state index is 13.8. The molecule has 0 atom stereocenters. The van der Waals surface area contributed by atoms with Gasteiger partial charge in [-0.25, -0.2) is 17.2 Å². The number of benzene rings is 1. The number of sulfone groups is 1. The highest BCUT2D eigenvalue weighted by molar-refractivity contribution is 7.90. The summed E-state index contributed by atoms with van der Waals surface area (Å²) in [6.07, 6.45) is 4.58. The quantitative estimate of drug-likeness (QED) is 0.747. The fourth-order valence-corrected chi connectivity index (χ4v) is 4.49. The molecule has 0 bridgehead atoms. The molecule has 27 heavy (non-hydrogen) atoms. The van der Waals surface area contributed by atoms with Crippen LogP contribution in [-0.2, 0) is 15.6 Å². The van der Waals surface area contributed by atoms with E-state index in [1.807, 2.05) is 0 Å². The fourth-order valence-electron chi connectivity index (χ4n) is 3.10. The van der Waals surface area contributed by atoms with Crippen LogP contribution in [0.2, 0.25) is 0 Å². The van der Waals surface area contributed by atoms with Gasteiger partial charge in [-0.2, -0.15) is 0 Å². The predicted octanol–water partition coefficient (Wildman–Crippen LogP) is 3.21. The summed E-state index contributed by atoms with van der Waals surface area (Å²) in [5.41, 5.74) is 0.576. The third-order valence-corrected chi connectivity index (χ3v) is 6.41. The summed E-state index contributed by atoms with van der Waals surface area (Å²) in [6, 6.07) is 3.79. The van der Waals surface area contributed by atoms with Gasteiger partial charge >= 0.3 is 0 Å². The Kier molecular flexibility index (Phi) is 5.55. The second-order valence-electron chi connectivity index (χ2n) is 6.89. The summed E-state index contributed by atoms with van der Waals surface area (Å²) in [5, 5.41) is 0. The number of pyridine rings is 1. The van der Waals surface area contributed by atoms with E-state index in [2.05, 4.69) is 11.9 Å². The van der Waals surface area contributed by atoms with Crippen molar-refractivity contribution < 1.29 is 22.0 Å². The van der Waals surface area contributed by atoms with Crippen molar-refractivity contribution in [2.75, 3.05) is 13.1 Å². The lowest BCUT2D eigenvalue weighted by atomic mass is 9.99. The highest BCUT2D eigenvalue weighted by Crippen LogP contribution is 2.22. The molecule has 1 amide bonds. The van der Waals surface area contributed by atoms with Crippen molar-refractivity contribution in [1.29, 1.82) is 0 Å². The van der Waals surface area contributed by atoms with Crippen molar-refractivity contribution in [3.05, 3.63) is 59.4 Å². The molecule has 1 aliphatic rings. The number of carbonyl (C=O) groups is 1. The summed E-state index contributed by atoms with van der Waals surface area (Å²) in [6.45, 7) is 3.45. The zero-order chi connectivity index (χ0) is 19.6. The molecule has 5 nitrogen and oxygen atoms in total. The second-order valence-corrected chi connectivity index (χ2v) is 8.85. The number of piperidine rings is 1. The van der Waals surface area contributed by atoms with Gasteiger partial charge in [-0.05, 0) is 42.5 Å². The third-order valence-electron chi connectivity index (χ3n) is 4.70. The molecule has 8 heteroatoms. The lowest BCUT2D eigenvalue weighted by molar-refractivity contribution is 0.0696. The van der Waals surface area contributed by atoms with Crippen molar-refractivity contribution in [3.63, 3.8) is 0 Å². The molecule has 0 radical (unpaired) electrons. The Balaban J connectivity index is 1.80. The topological polar surface area (TPSA) is 67.3 Å². The fraction of sp³-hybridized carbons (Fsp3) is 0.368. The van der Waals surface area contributed by atoms with Gasteiger partial charge in [0, 0.05) is 31.5 Å². The number of amides is 1. The molecule has 1 aromatic carbocycles. The molecule has 0 aliphatic carbocycles. The smallest absolute Gasteiger partial charge is 0.255 e. The molecule has 144 valence electrons. The Labute approximate surface area is 156 Å². The predicted molar refractivity (Wildman–Crippen MR) is 95.8 cm³/mol. The Morgan fingerprint density at radius 1 is 1.19 bits per heavy atom. The zero-order valence-corrected chi connectivity index (χ0v) is 15.7. The van der Waals surface area contributed by atoms with Crippen LogP contribution in [0.25, 0.3) is 0 Å². The number of carbonyl (C=O) groups excluding carboxylic acids is 1. The molecule has 0 N–H and O–H groups in total. The van der Waals surface area contributed by atoms with Crippen molar-refractivity contribution in [1.82, 2.24) is 9.88 Å². The lowest BCUT2D eigenvalue weighted by Gasteiger charge is -2.30. The van der Waals surface area contributed by atoms with Crippen LogP contribution < -0.4 is 0 Å². The summed E-state index contributed by atoms with van der Waals surface area (Å²) >= 11 is 0. The molecule has 1 aromatic heterocycles. The highest BCUT2D eigenvalue weighted by Gasteiger charge is 2.24. The molecule has 0 spiro atoms. The first-order valence-electron chi connectivity index (χ1n) is 8.67. The highest BCUT2D eigenvalue weighted by atomic mass is 32.2. The van der Waals surface area contributed by atoms with Gasteiger partial charge in [0.25, 0.3) is 5.91 Å². The monoisotopic (exact) mass is 394 g/mol. The zero-order valence-electron chi connectivity index (χ0n) is 14.9. The molecule has 3 rings (SSSR count). The third kappa shape index (κ3) is 4.50. The molecule has 1 fully saturated rings. The van der Waals surface area contributed by atoms with Gasteiger partial charge in [-0.3, -0.25) is 9.78 Å². The second kappa shape index (κ2) is 7.72. The van der Waals surface area contributed by atoms with E-state index in [4.69, 9.17) is 0 Å². The van der Waals surface area contributed by atoms with E-state index >= 15 is 0 Å². The Hall–Kier alpha value is -2.35. The Morgan fingerprint density at radius 3 is 2.56 bits per heavy atom. The number of likely N-dealkylation sites (tertiary alicyclic amines) is 1. The van der Waals surface area contributed by atoms with Crippen LogP contribution in [0.4, 0.5) is 8.78 Å². The largest absolute Gasteiger partial charge is 0.339 e. The van der Waals surface area contributed by atoms with E-state index in [0.717, 1.165) is 25.0 Å². The minimum absolute atomic E-state index is 0.193. The molecule has 2 heterocycles. The van der Waals surface area contributed by atoms with Gasteiger partial charge in [0.2, 0.25) is 0 Å². The van der Waals surface area contributed by atoms with Crippen LogP contribution in [-0.4, -0.2) is 37.3 Å². The van der Waals surface area contributed by atoms with Crippen LogP contribution >= 0.6 is 0 Å². The number of aromatic nitrogens is 1. The van der Waals surface area contributed by atoms with E-state index in [1.54, 1.807) is 4.90 Å². The maximum Gasteiger partial charge on any atom is 0.255 e. The number of hydrogen-bond donors (Lipinski definition) is 0. The molecular weight excluding hydrogens is 374 g/mol. The SMILES string of the molecule is CC1CCN(C(=O)c2cncc(CS(=O)(=O)c3ccc(F)cc3F)c2)CC1. The first-order valence-corrected chi connectivity index (χ1v) is 10.3. The van der Waals surface area contributed by atoms with E-state index in [0.29, 0.717) is 30.6 Å². The van der Waals surface area contributed by atoms with Crippen molar-refractivity contribution in [2.45, 2.75) is 30.4 Å². The van der Waals surface area contributed by atoms with Crippen molar-refractivity contribution >= 4 is 15.7 Å². The number of halogens is 2. The van der Waals surface area contributed by atoms with Gasteiger partial charge < -0.3 is 4.90 Å². The Bertz CT molecular complexity index is 955. The van der Waals surface area contributed by atoms with E-state index in [1.165, 1.54) is 18.5 Å². The summed E-state index contributed by atoms with van der Waals surface area (Å²) < 4.78 is 51.8. The van der Waals surface area contributed by atoms with E-state index in [9.17, 15) is 22.0 Å². The van der Waals surface area contributed by atoms with Crippen LogP contribution in [0.1, 0.15) is 35.7 Å². The molecular formula is C19H20F2N2O3S. The van der Waals surface area contributed by atoms with Gasteiger partial charge in [-0.1, -0.05) is 6.92 Å². The molecule has 0 unspecified atom stereocenters. The molecule has 2 aromatic rings. The molecule has 1 saturated heterocycles. The van der Waals surface area contributed by atoms with Gasteiger partial charge in [-0.15, -0.1) is 0 Å². The van der Waals surface area contributed by atoms with Gasteiger partial charge in [0.15, 0.2) is 9.84 Å². The minimum Gasteiger partial charge on any atom is -0.339 e. The minimum atomic E-state index is -4.04. The van der Waals surface area contributed by atoms with Gasteiger partial charge in [0.05, 0.1) is 11.3 Å². The molecule has 1 aliphatic heterocycles. The maximum absolute atomic E-state index is 13.8. The van der Waals surface area contributed by atoms with Crippen LogP contribution in [0, 0.1) is 17.6 Å². The summed E-state index contributed by atoms with van der Waals surface area (Å²) in [5.74, 6) is -2.13. The van der Waals surface area contributed by atoms with Crippen molar-refractivity contribution in [3.8, 4) is 0 Å². The first-order chi connectivity index (χ1) is 12.8. The standard InChI is InChI=1S/C19H20F2N2O3S/c1-13-4-6-23(7-5-13)19(24)15-8-14(10-22-11-15)12-27(25,26)18-3-2-16(20)9-17(18)21/h2-3,8-11,13H,4-7,12H2,1H3. The van der Waals surface area contributed by atoms with E-state index < -0.39 is 32.1 Å². The van der Waals surface area contributed by atoms with Crippen LogP contribution in [0.15, 0.2) is 41.6 Å². The average Bonchev–Trinajstić information content (AvgIpc) is 2.61. The van der Waals surface area contributed by atoms with Crippen molar-refractivity contribution in [2.24, 2.45) is 5.92 Å². The summed E-state index contributed by atoms with van der Waals surface area (Å²) in [4.78, 5) is 17.7. The summed E-state index contributed by atoms with van der Waals surface area (Å²) in [7, 11) is -4.04. The number of rotatable bonds is 4. The first kappa shape index (κ1) is 19.4. The number of nitrogens with zero attached hydrogens (tertiary/aromatic N) is 2. The average molecular weight is 394 g/mol. The van der Waals surface area contributed by atoms with E-state index in [-0.39, 0.29) is 11.5 Å². The van der Waals surface area contributed by atoms with Gasteiger partial charge in [0.1, 0.15) is 16.5 Å². The normalized spacial score (nSPS) is 15.7. The van der Waals surface area contributed by atoms with Crippen LogP contribution in [0.5, 0.6) is 0 Å². The molecule has 0 saturated carbocycles. The lowest BCUT2D eigenvalue weighted by Crippen LogP contribution is -2.38. The number of hydrogen-bond acceptors (Lipinski definition) is 4.